The van der Waals surface area contributed by atoms with Crippen molar-refractivity contribution in [2.75, 3.05) is 33.1 Å². The number of carbonyl (C=O) groups excluding carboxylic acids is 1. The van der Waals surface area contributed by atoms with Gasteiger partial charge in [0.2, 0.25) is 5.71 Å². The number of aryl methyl sites for hydroxylation is 1. The van der Waals surface area contributed by atoms with Crippen LogP contribution in [0.4, 0.5) is 14.5 Å². The summed E-state index contributed by atoms with van der Waals surface area (Å²) >= 11 is 0. The average molecular weight is 505 g/mol. The van der Waals surface area contributed by atoms with E-state index in [9.17, 15) is 9.90 Å². The van der Waals surface area contributed by atoms with Gasteiger partial charge >= 0.3 is 0 Å². The Morgan fingerprint density at radius 2 is 1.69 bits per heavy atom. The van der Waals surface area contributed by atoms with Gasteiger partial charge in [0.25, 0.3) is 0 Å². The summed E-state index contributed by atoms with van der Waals surface area (Å²) in [6, 6.07) is 5.77. The number of allylic oxidation sites excluding steroid dienone is 5. The number of carboxylic acids is 1. The van der Waals surface area contributed by atoms with Crippen molar-refractivity contribution in [1.29, 1.82) is 0 Å². The molecule has 0 saturated heterocycles. The second kappa shape index (κ2) is 8.82. The zero-order chi connectivity index (χ0) is 26.7. The minimum Gasteiger partial charge on any atom is -0.545 e. The van der Waals surface area contributed by atoms with Gasteiger partial charge < -0.3 is 14.8 Å². The fourth-order valence-corrected chi connectivity index (χ4v) is 8.46. The number of nitrogens with zero attached hydrogens (tertiary/aromatic N) is 2. The molecule has 1 aliphatic heterocycles. The molecule has 2 aromatic rings. The lowest BCUT2D eigenvalue weighted by Crippen LogP contribution is -2.51. The molecule has 2 aliphatic rings. The Balaban J connectivity index is 2.23. The Labute approximate surface area is 211 Å². The van der Waals surface area contributed by atoms with E-state index in [2.05, 4.69) is 25.3 Å². The van der Waals surface area contributed by atoms with Crippen LogP contribution in [0.3, 0.4) is 0 Å². The Morgan fingerprint density at radius 1 is 1.08 bits per heavy atom. The van der Waals surface area contributed by atoms with E-state index in [1.165, 1.54) is 0 Å². The van der Waals surface area contributed by atoms with Gasteiger partial charge in [0.05, 0.1) is 11.5 Å². The predicted octanol–water partition coefficient (Wildman–Crippen LogP) is 3.67. The second-order valence-corrected chi connectivity index (χ2v) is 13.9. The maximum absolute atomic E-state index is 15.6. The second-order valence-electron chi connectivity index (χ2n) is 10.0. The van der Waals surface area contributed by atoms with Crippen LogP contribution in [-0.2, 0) is 0 Å². The summed E-state index contributed by atoms with van der Waals surface area (Å²) in [5.74, 6) is -3.50. The van der Waals surface area contributed by atoms with Crippen LogP contribution in [0, 0.1) is 18.6 Å². The van der Waals surface area contributed by atoms with Crippen LogP contribution < -0.4 is 15.2 Å². The largest absolute Gasteiger partial charge is 0.545 e. The van der Waals surface area contributed by atoms with Gasteiger partial charge in [0.15, 0.2) is 0 Å². The SMILES string of the molecule is C=C[Si]1(C)C2=CC(=[N+](C)C)C(C)=CC2=C(c2c(F)cc(C(=O)[O-])cc2F)c2cc(C)c(N(C)C)cc21. The fourth-order valence-electron chi connectivity index (χ4n) is 5.34. The number of rotatable bonds is 4. The summed E-state index contributed by atoms with van der Waals surface area (Å²) in [6.07, 6.45) is 4.10. The molecule has 0 spiro atoms. The molecule has 1 aliphatic carbocycles. The van der Waals surface area contributed by atoms with Crippen molar-refractivity contribution >= 4 is 36.2 Å². The molecular formula is C29H30F2N2O2Si. The van der Waals surface area contributed by atoms with Crippen molar-refractivity contribution < 1.29 is 23.3 Å². The van der Waals surface area contributed by atoms with Gasteiger partial charge in [-0.15, -0.1) is 6.58 Å². The molecule has 0 fully saturated rings. The fraction of sp³-hybridized carbons (Fsp3) is 0.241. The summed E-state index contributed by atoms with van der Waals surface area (Å²) in [5, 5.41) is 13.4. The van der Waals surface area contributed by atoms with Gasteiger partial charge in [0, 0.05) is 42.6 Å². The highest BCUT2D eigenvalue weighted by Crippen LogP contribution is 2.45. The topological polar surface area (TPSA) is 46.4 Å². The van der Waals surface area contributed by atoms with E-state index in [1.54, 1.807) is 0 Å². The first-order chi connectivity index (χ1) is 16.8. The highest BCUT2D eigenvalue weighted by Gasteiger charge is 2.43. The highest BCUT2D eigenvalue weighted by molar-refractivity contribution is 7.02. The zero-order valence-corrected chi connectivity index (χ0v) is 22.7. The van der Waals surface area contributed by atoms with E-state index in [0.29, 0.717) is 5.57 Å². The molecule has 0 saturated carbocycles. The van der Waals surface area contributed by atoms with Gasteiger partial charge in [0.1, 0.15) is 33.8 Å². The van der Waals surface area contributed by atoms with Crippen LogP contribution in [0.5, 0.6) is 0 Å². The van der Waals surface area contributed by atoms with E-state index in [1.807, 2.05) is 69.4 Å². The van der Waals surface area contributed by atoms with Crippen molar-refractivity contribution in [1.82, 2.24) is 0 Å². The highest BCUT2D eigenvalue weighted by atomic mass is 28.3. The molecule has 0 aromatic heterocycles. The Morgan fingerprint density at radius 3 is 2.19 bits per heavy atom. The van der Waals surface area contributed by atoms with Gasteiger partial charge in [-0.3, -0.25) is 0 Å². The third kappa shape index (κ3) is 3.78. The number of hydrogen-bond acceptors (Lipinski definition) is 3. The van der Waals surface area contributed by atoms with Crippen LogP contribution in [-0.4, -0.2) is 52.5 Å². The number of halogens is 2. The summed E-state index contributed by atoms with van der Waals surface area (Å²) in [5.41, 5.74) is 7.13. The average Bonchev–Trinajstić information content (AvgIpc) is 2.79. The summed E-state index contributed by atoms with van der Waals surface area (Å²) in [7, 11) is 5.32. The minimum atomic E-state index is -2.55. The number of anilines is 1. The van der Waals surface area contributed by atoms with Gasteiger partial charge in [-0.25, -0.2) is 13.4 Å². The van der Waals surface area contributed by atoms with Crippen LogP contribution in [0.25, 0.3) is 5.57 Å². The quantitative estimate of drug-likeness (QED) is 0.472. The van der Waals surface area contributed by atoms with E-state index >= 15 is 8.78 Å². The molecule has 0 bridgehead atoms. The van der Waals surface area contributed by atoms with Crippen molar-refractivity contribution in [3.63, 3.8) is 0 Å². The van der Waals surface area contributed by atoms with E-state index in [0.717, 1.165) is 56.2 Å². The lowest BCUT2D eigenvalue weighted by Gasteiger charge is -2.39. The third-order valence-corrected chi connectivity index (χ3v) is 11.1. The molecule has 1 heterocycles. The Kier molecular flexibility index (Phi) is 6.25. The molecule has 2 aromatic carbocycles. The lowest BCUT2D eigenvalue weighted by molar-refractivity contribution is -0.463. The smallest absolute Gasteiger partial charge is 0.202 e. The van der Waals surface area contributed by atoms with Gasteiger partial charge in [-0.2, -0.15) is 0 Å². The van der Waals surface area contributed by atoms with Crippen molar-refractivity contribution in [3.05, 3.63) is 98.9 Å². The summed E-state index contributed by atoms with van der Waals surface area (Å²) < 4.78 is 33.1. The van der Waals surface area contributed by atoms with Crippen LogP contribution >= 0.6 is 0 Å². The Hall–Kier alpha value is -3.58. The lowest BCUT2D eigenvalue weighted by atomic mass is 9.86. The molecule has 36 heavy (non-hydrogen) atoms. The molecule has 7 heteroatoms. The molecule has 0 amide bonds. The molecule has 186 valence electrons. The standard InChI is InChI=1S/C29H30F2N2O2Si/c1-9-36(8)25-14-23(32(4)5)16(2)10-19(25)27(20-11-17(3)24(33(6)7)15-26(20)36)28-21(30)12-18(29(34)35)13-22(28)31/h9-15H,1H2,2-8H3. The van der Waals surface area contributed by atoms with Gasteiger partial charge in [-0.05, 0) is 71.3 Å². The maximum Gasteiger partial charge on any atom is 0.202 e. The third-order valence-electron chi connectivity index (χ3n) is 7.23. The number of aromatic carboxylic acids is 1. The monoisotopic (exact) mass is 504 g/mol. The molecule has 1 atom stereocenters. The van der Waals surface area contributed by atoms with Crippen LogP contribution in [0.2, 0.25) is 6.55 Å². The molecule has 4 rings (SSSR count). The normalized spacial score (nSPS) is 18.8. The van der Waals surface area contributed by atoms with Gasteiger partial charge in [-0.1, -0.05) is 12.2 Å². The van der Waals surface area contributed by atoms with Crippen molar-refractivity contribution in [2.24, 2.45) is 0 Å². The number of carboxylic acid groups (broad SMARTS) is 1. The van der Waals surface area contributed by atoms with Crippen molar-refractivity contribution in [3.8, 4) is 0 Å². The zero-order valence-electron chi connectivity index (χ0n) is 21.7. The number of fused-ring (bicyclic) bond motifs is 2. The van der Waals surface area contributed by atoms with Crippen LogP contribution in [0.1, 0.15) is 34.0 Å². The Bertz CT molecular complexity index is 1450. The van der Waals surface area contributed by atoms with E-state index in [4.69, 9.17) is 0 Å². The van der Waals surface area contributed by atoms with Crippen LogP contribution in [0.15, 0.2) is 65.0 Å². The van der Waals surface area contributed by atoms with Crippen molar-refractivity contribution in [2.45, 2.75) is 20.4 Å². The summed E-state index contributed by atoms with van der Waals surface area (Å²) in [6.45, 7) is 10.4. The maximum atomic E-state index is 15.6. The number of benzene rings is 2. The first-order valence-corrected chi connectivity index (χ1v) is 14.3. The first kappa shape index (κ1) is 25.5. The van der Waals surface area contributed by atoms with E-state index in [-0.39, 0.29) is 5.56 Å². The predicted molar refractivity (Wildman–Crippen MR) is 143 cm³/mol. The summed E-state index contributed by atoms with van der Waals surface area (Å²) in [4.78, 5) is 13.4. The number of hydrogen-bond donors (Lipinski definition) is 0. The molecule has 1 unspecified atom stereocenters. The minimum absolute atomic E-state index is 0.239. The first-order valence-electron chi connectivity index (χ1n) is 11.7. The number of carbonyl (C=O) groups is 1. The molecule has 0 N–H and O–H groups in total. The molecular weight excluding hydrogens is 474 g/mol. The molecule has 0 radical (unpaired) electrons. The molecule has 4 nitrogen and oxygen atoms in total. The van der Waals surface area contributed by atoms with E-state index < -0.39 is 31.2 Å².